The Kier molecular flexibility index (Phi) is 5.05. The number of aryl methyl sites for hydroxylation is 1. The third-order valence-electron chi connectivity index (χ3n) is 2.63. The Bertz CT molecular complexity index is 542. The Labute approximate surface area is 122 Å². The molecule has 0 saturated carbocycles. The third kappa shape index (κ3) is 3.85. The van der Waals surface area contributed by atoms with Crippen molar-refractivity contribution in [2.24, 2.45) is 0 Å². The average molecular weight is 298 g/mol. The van der Waals surface area contributed by atoms with E-state index in [1.807, 2.05) is 30.5 Å². The summed E-state index contributed by atoms with van der Waals surface area (Å²) in [6.45, 7) is 2.60. The predicted molar refractivity (Wildman–Crippen MR) is 78.6 cm³/mol. The summed E-state index contributed by atoms with van der Waals surface area (Å²) in [4.78, 5) is 4.39. The lowest BCUT2D eigenvalue weighted by Crippen LogP contribution is -2.02. The Morgan fingerprint density at radius 1 is 1.32 bits per heavy atom. The minimum atomic E-state index is 0.461. The summed E-state index contributed by atoms with van der Waals surface area (Å²) in [7, 11) is 1.65. The first-order valence-corrected chi connectivity index (χ1v) is 7.41. The van der Waals surface area contributed by atoms with Gasteiger partial charge in [0, 0.05) is 11.8 Å². The molecule has 0 aliphatic carbocycles. The van der Waals surface area contributed by atoms with E-state index >= 15 is 0 Å². The van der Waals surface area contributed by atoms with E-state index in [4.69, 9.17) is 21.1 Å². The van der Waals surface area contributed by atoms with Crippen LogP contribution in [0, 0.1) is 6.92 Å². The normalized spacial score (nSPS) is 10.5. The topological polar surface area (TPSA) is 31.4 Å². The Morgan fingerprint density at radius 2 is 2.16 bits per heavy atom. The highest BCUT2D eigenvalue weighted by Gasteiger charge is 2.06. The van der Waals surface area contributed by atoms with Crippen LogP contribution in [0.4, 0.5) is 0 Å². The van der Waals surface area contributed by atoms with Gasteiger partial charge in [0.1, 0.15) is 0 Å². The van der Waals surface area contributed by atoms with E-state index in [1.165, 1.54) is 0 Å². The van der Waals surface area contributed by atoms with E-state index in [2.05, 4.69) is 4.98 Å². The molecule has 0 aliphatic rings. The van der Waals surface area contributed by atoms with Crippen LogP contribution in [0.15, 0.2) is 23.6 Å². The van der Waals surface area contributed by atoms with Crippen molar-refractivity contribution in [1.29, 1.82) is 0 Å². The maximum absolute atomic E-state index is 5.74. The second-order valence-corrected chi connectivity index (χ2v) is 5.33. The Balaban J connectivity index is 1.92. The molecule has 0 aliphatic heterocycles. The molecule has 2 rings (SSSR count). The van der Waals surface area contributed by atoms with Crippen molar-refractivity contribution in [2.45, 2.75) is 19.2 Å². The van der Waals surface area contributed by atoms with Crippen molar-refractivity contribution in [3.05, 3.63) is 39.8 Å². The number of halogens is 1. The van der Waals surface area contributed by atoms with Crippen LogP contribution in [-0.2, 0) is 12.3 Å². The quantitative estimate of drug-likeness (QED) is 0.760. The third-order valence-corrected chi connectivity index (χ3v) is 3.86. The van der Waals surface area contributed by atoms with Crippen molar-refractivity contribution in [3.63, 3.8) is 0 Å². The predicted octanol–water partition coefficient (Wildman–Crippen LogP) is 3.82. The van der Waals surface area contributed by atoms with Crippen LogP contribution >= 0.6 is 22.9 Å². The molecular formula is C14H16ClNO2S. The Morgan fingerprint density at radius 3 is 2.84 bits per heavy atom. The van der Waals surface area contributed by atoms with Gasteiger partial charge < -0.3 is 9.47 Å². The fourth-order valence-corrected chi connectivity index (χ4v) is 2.68. The Hall–Kier alpha value is -1.26. The van der Waals surface area contributed by atoms with Gasteiger partial charge in [0.2, 0.25) is 0 Å². The van der Waals surface area contributed by atoms with Gasteiger partial charge in [-0.2, -0.15) is 0 Å². The summed E-state index contributed by atoms with van der Waals surface area (Å²) in [5.74, 6) is 1.99. The summed E-state index contributed by atoms with van der Waals surface area (Å²) in [6.07, 6.45) is 0.776. The summed E-state index contributed by atoms with van der Waals surface area (Å²) in [5, 5.41) is 3.02. The molecule has 0 bridgehead atoms. The molecule has 5 heteroatoms. The maximum atomic E-state index is 5.74. The molecular weight excluding hydrogens is 282 g/mol. The lowest BCUT2D eigenvalue weighted by atomic mass is 10.2. The van der Waals surface area contributed by atoms with Gasteiger partial charge in [-0.3, -0.25) is 0 Å². The average Bonchev–Trinajstić information content (AvgIpc) is 2.88. The molecule has 0 saturated heterocycles. The van der Waals surface area contributed by atoms with Crippen LogP contribution in [0.25, 0.3) is 0 Å². The molecule has 19 heavy (non-hydrogen) atoms. The summed E-state index contributed by atoms with van der Waals surface area (Å²) in [5.41, 5.74) is 2.07. The van der Waals surface area contributed by atoms with E-state index in [9.17, 15) is 0 Å². The van der Waals surface area contributed by atoms with Gasteiger partial charge in [-0.15, -0.1) is 22.9 Å². The highest BCUT2D eigenvalue weighted by Crippen LogP contribution is 2.27. The summed E-state index contributed by atoms with van der Waals surface area (Å²) in [6, 6.07) is 5.90. The number of hydrogen-bond donors (Lipinski definition) is 0. The van der Waals surface area contributed by atoms with Gasteiger partial charge in [0.25, 0.3) is 0 Å². The number of nitrogens with zero attached hydrogens (tertiary/aromatic N) is 1. The number of methoxy groups -OCH3 is 1. The second kappa shape index (κ2) is 6.78. The SMILES string of the molecule is COc1cc(C)ccc1OCCc1nc(CCl)cs1. The van der Waals surface area contributed by atoms with Crippen LogP contribution in [0.1, 0.15) is 16.3 Å². The van der Waals surface area contributed by atoms with Crippen molar-refractivity contribution in [1.82, 2.24) is 4.98 Å². The lowest BCUT2D eigenvalue weighted by Gasteiger charge is -2.10. The smallest absolute Gasteiger partial charge is 0.161 e. The van der Waals surface area contributed by atoms with Gasteiger partial charge in [-0.05, 0) is 24.6 Å². The standard InChI is InChI=1S/C14H16ClNO2S/c1-10-3-4-12(13(7-10)17-2)18-6-5-14-16-11(8-15)9-19-14/h3-4,7,9H,5-6,8H2,1-2H3. The number of ether oxygens (including phenoxy) is 2. The minimum Gasteiger partial charge on any atom is -0.493 e. The molecule has 0 radical (unpaired) electrons. The van der Waals surface area contributed by atoms with Gasteiger partial charge in [-0.1, -0.05) is 6.07 Å². The molecule has 1 heterocycles. The molecule has 0 fully saturated rings. The zero-order valence-electron chi connectivity index (χ0n) is 11.0. The highest BCUT2D eigenvalue weighted by molar-refractivity contribution is 7.09. The fraction of sp³-hybridized carbons (Fsp3) is 0.357. The van der Waals surface area contributed by atoms with Crippen molar-refractivity contribution < 1.29 is 9.47 Å². The van der Waals surface area contributed by atoms with Crippen molar-refractivity contribution >= 4 is 22.9 Å². The number of thiazole rings is 1. The van der Waals surface area contributed by atoms with Gasteiger partial charge in [0.15, 0.2) is 11.5 Å². The first-order valence-electron chi connectivity index (χ1n) is 5.99. The minimum absolute atomic E-state index is 0.461. The van der Waals surface area contributed by atoms with Crippen LogP contribution < -0.4 is 9.47 Å². The van der Waals surface area contributed by atoms with Crippen LogP contribution in [0.2, 0.25) is 0 Å². The lowest BCUT2D eigenvalue weighted by molar-refractivity contribution is 0.297. The number of rotatable bonds is 6. The first kappa shape index (κ1) is 14.2. The molecule has 2 aromatic rings. The van der Waals surface area contributed by atoms with Crippen LogP contribution in [-0.4, -0.2) is 18.7 Å². The largest absolute Gasteiger partial charge is 0.493 e. The molecule has 1 aromatic carbocycles. The van der Waals surface area contributed by atoms with E-state index in [-0.39, 0.29) is 0 Å². The first-order chi connectivity index (χ1) is 9.22. The molecule has 0 N–H and O–H groups in total. The van der Waals surface area contributed by atoms with Crippen LogP contribution in [0.3, 0.4) is 0 Å². The van der Waals surface area contributed by atoms with Gasteiger partial charge >= 0.3 is 0 Å². The maximum Gasteiger partial charge on any atom is 0.161 e. The molecule has 0 atom stereocenters. The molecule has 1 aromatic heterocycles. The van der Waals surface area contributed by atoms with E-state index in [0.29, 0.717) is 12.5 Å². The second-order valence-electron chi connectivity index (χ2n) is 4.12. The highest BCUT2D eigenvalue weighted by atomic mass is 35.5. The zero-order valence-corrected chi connectivity index (χ0v) is 12.6. The monoisotopic (exact) mass is 297 g/mol. The number of alkyl halides is 1. The number of benzene rings is 1. The van der Waals surface area contributed by atoms with Crippen LogP contribution in [0.5, 0.6) is 11.5 Å². The summed E-state index contributed by atoms with van der Waals surface area (Å²) >= 11 is 7.34. The van der Waals surface area contributed by atoms with E-state index in [1.54, 1.807) is 18.4 Å². The van der Waals surface area contributed by atoms with Crippen molar-refractivity contribution in [2.75, 3.05) is 13.7 Å². The fourth-order valence-electron chi connectivity index (χ4n) is 1.67. The van der Waals surface area contributed by atoms with E-state index < -0.39 is 0 Å². The molecule has 102 valence electrons. The van der Waals surface area contributed by atoms with Gasteiger partial charge in [0.05, 0.1) is 30.3 Å². The summed E-state index contributed by atoms with van der Waals surface area (Å²) < 4.78 is 11.0. The molecule has 0 spiro atoms. The zero-order chi connectivity index (χ0) is 13.7. The number of hydrogen-bond acceptors (Lipinski definition) is 4. The van der Waals surface area contributed by atoms with Gasteiger partial charge in [-0.25, -0.2) is 4.98 Å². The molecule has 0 unspecified atom stereocenters. The molecule has 3 nitrogen and oxygen atoms in total. The molecule has 0 amide bonds. The number of aromatic nitrogens is 1. The van der Waals surface area contributed by atoms with E-state index in [0.717, 1.165) is 34.2 Å². The van der Waals surface area contributed by atoms with Crippen molar-refractivity contribution in [3.8, 4) is 11.5 Å².